The number of nitro groups is 1. The number of carbonyl (C=O) groups excluding carboxylic acids is 1. The Hall–Kier alpha value is -3.22. The molecule has 0 radical (unpaired) electrons. The summed E-state index contributed by atoms with van der Waals surface area (Å²) in [4.78, 5) is 34.0. The number of hydrogen-bond donors (Lipinski definition) is 2. The van der Waals surface area contributed by atoms with Gasteiger partial charge in [-0.05, 0) is 22.1 Å². The van der Waals surface area contributed by atoms with Crippen molar-refractivity contribution in [2.45, 2.75) is 45.1 Å². The Bertz CT molecular complexity index is 869. The van der Waals surface area contributed by atoms with Gasteiger partial charge in [-0.15, -0.1) is 0 Å². The second kappa shape index (κ2) is 8.65. The topological polar surface area (TPSA) is 110 Å². The summed E-state index contributed by atoms with van der Waals surface area (Å²) in [6, 6.07) is 12.6. The molecule has 0 fully saturated rings. The zero-order valence-corrected chi connectivity index (χ0v) is 16.1. The van der Waals surface area contributed by atoms with Gasteiger partial charge in [-0.2, -0.15) is 0 Å². The highest BCUT2D eigenvalue weighted by Crippen LogP contribution is 2.25. The van der Waals surface area contributed by atoms with Crippen LogP contribution in [0.25, 0.3) is 0 Å². The van der Waals surface area contributed by atoms with Gasteiger partial charge in [0.1, 0.15) is 0 Å². The minimum absolute atomic E-state index is 0.0356. The van der Waals surface area contributed by atoms with E-state index in [-0.39, 0.29) is 23.9 Å². The largest absolute Gasteiger partial charge is 0.481 e. The van der Waals surface area contributed by atoms with E-state index in [0.717, 1.165) is 5.56 Å². The molecule has 7 heteroatoms. The molecule has 1 unspecified atom stereocenters. The van der Waals surface area contributed by atoms with E-state index in [2.05, 4.69) is 26.1 Å². The Kier molecular flexibility index (Phi) is 6.51. The smallest absolute Gasteiger partial charge is 0.305 e. The number of non-ortho nitro benzene ring substituents is 1. The van der Waals surface area contributed by atoms with E-state index in [1.807, 2.05) is 24.3 Å². The number of amides is 1. The molecule has 1 atom stereocenters. The molecule has 0 aromatic heterocycles. The maximum atomic E-state index is 12.4. The van der Waals surface area contributed by atoms with Crippen molar-refractivity contribution in [1.82, 2.24) is 5.32 Å². The van der Waals surface area contributed by atoms with Crippen molar-refractivity contribution in [3.8, 4) is 0 Å². The Balaban J connectivity index is 2.15. The summed E-state index contributed by atoms with van der Waals surface area (Å²) < 4.78 is 0. The second-order valence-electron chi connectivity index (χ2n) is 7.69. The molecular formula is C21H24N2O5. The molecule has 1 amide bonds. The number of benzene rings is 2. The fourth-order valence-electron chi connectivity index (χ4n) is 2.85. The van der Waals surface area contributed by atoms with Crippen LogP contribution in [-0.2, 0) is 21.4 Å². The van der Waals surface area contributed by atoms with Gasteiger partial charge in [0.2, 0.25) is 5.91 Å². The van der Waals surface area contributed by atoms with Crippen LogP contribution in [0.4, 0.5) is 5.69 Å². The Morgan fingerprint density at radius 1 is 1.14 bits per heavy atom. The summed E-state index contributed by atoms with van der Waals surface area (Å²) in [5, 5.41) is 22.8. The van der Waals surface area contributed by atoms with Crippen molar-refractivity contribution in [3.05, 3.63) is 75.3 Å². The standard InChI is InChI=1S/C21H24N2O5/c1-21(2,3)16-9-7-15(8-10-16)18(13-20(25)26)22-19(24)12-14-5-4-6-17(11-14)23(27)28/h4-11,18H,12-13H2,1-3H3,(H,22,24)(H,25,26). The molecule has 2 rings (SSSR count). The highest BCUT2D eigenvalue weighted by molar-refractivity contribution is 5.80. The van der Waals surface area contributed by atoms with Crippen molar-refractivity contribution >= 4 is 17.6 Å². The van der Waals surface area contributed by atoms with Gasteiger partial charge in [-0.25, -0.2) is 0 Å². The van der Waals surface area contributed by atoms with E-state index in [1.165, 1.54) is 18.2 Å². The van der Waals surface area contributed by atoms with Crippen molar-refractivity contribution in [2.75, 3.05) is 0 Å². The first-order valence-electron chi connectivity index (χ1n) is 8.91. The van der Waals surface area contributed by atoms with Crippen LogP contribution in [0.5, 0.6) is 0 Å². The molecule has 0 aliphatic heterocycles. The predicted molar refractivity (Wildman–Crippen MR) is 105 cm³/mol. The quantitative estimate of drug-likeness (QED) is 0.558. The van der Waals surface area contributed by atoms with E-state index < -0.39 is 22.8 Å². The molecule has 0 heterocycles. The van der Waals surface area contributed by atoms with Crippen LogP contribution in [0.3, 0.4) is 0 Å². The van der Waals surface area contributed by atoms with Gasteiger partial charge in [0.05, 0.1) is 23.8 Å². The number of nitro benzene ring substituents is 1. The number of aliphatic carboxylic acids is 1. The van der Waals surface area contributed by atoms with E-state index in [1.54, 1.807) is 6.07 Å². The number of carboxylic acids is 1. The minimum atomic E-state index is -1.03. The van der Waals surface area contributed by atoms with Crippen molar-refractivity contribution < 1.29 is 19.6 Å². The van der Waals surface area contributed by atoms with Gasteiger partial charge in [-0.1, -0.05) is 57.2 Å². The van der Waals surface area contributed by atoms with E-state index in [4.69, 9.17) is 0 Å². The van der Waals surface area contributed by atoms with Crippen LogP contribution in [0, 0.1) is 10.1 Å². The highest BCUT2D eigenvalue weighted by atomic mass is 16.6. The molecule has 0 aliphatic rings. The number of nitrogens with zero attached hydrogens (tertiary/aromatic N) is 1. The number of nitrogens with one attached hydrogen (secondary N) is 1. The van der Waals surface area contributed by atoms with Crippen molar-refractivity contribution in [3.63, 3.8) is 0 Å². The number of rotatable bonds is 7. The van der Waals surface area contributed by atoms with Crippen molar-refractivity contribution in [1.29, 1.82) is 0 Å². The molecule has 0 saturated heterocycles. The Morgan fingerprint density at radius 2 is 1.79 bits per heavy atom. The SMILES string of the molecule is CC(C)(C)c1ccc(C(CC(=O)O)NC(=O)Cc2cccc([N+](=O)[O-])c2)cc1. The second-order valence-corrected chi connectivity index (χ2v) is 7.69. The molecule has 0 aliphatic carbocycles. The highest BCUT2D eigenvalue weighted by Gasteiger charge is 2.20. The van der Waals surface area contributed by atoms with E-state index in [0.29, 0.717) is 11.1 Å². The minimum Gasteiger partial charge on any atom is -0.481 e. The van der Waals surface area contributed by atoms with Gasteiger partial charge < -0.3 is 10.4 Å². The fourth-order valence-corrected chi connectivity index (χ4v) is 2.85. The lowest BCUT2D eigenvalue weighted by molar-refractivity contribution is -0.384. The third-order valence-electron chi connectivity index (χ3n) is 4.38. The number of carboxylic acid groups (broad SMARTS) is 1. The summed E-state index contributed by atoms with van der Waals surface area (Å²) in [6.45, 7) is 6.24. The van der Waals surface area contributed by atoms with Crippen LogP contribution < -0.4 is 5.32 Å². The van der Waals surface area contributed by atoms with E-state index in [9.17, 15) is 24.8 Å². The lowest BCUT2D eigenvalue weighted by Crippen LogP contribution is -2.31. The molecule has 0 saturated carbocycles. The van der Waals surface area contributed by atoms with Crippen LogP contribution in [0.1, 0.15) is 49.9 Å². The maximum Gasteiger partial charge on any atom is 0.305 e. The summed E-state index contributed by atoms with van der Waals surface area (Å²) in [5.74, 6) is -1.42. The summed E-state index contributed by atoms with van der Waals surface area (Å²) in [5.41, 5.74) is 2.16. The first-order valence-corrected chi connectivity index (χ1v) is 8.91. The number of hydrogen-bond acceptors (Lipinski definition) is 4. The van der Waals surface area contributed by atoms with Crippen LogP contribution in [0.15, 0.2) is 48.5 Å². The van der Waals surface area contributed by atoms with Gasteiger partial charge >= 0.3 is 5.97 Å². The zero-order chi connectivity index (χ0) is 20.9. The normalized spacial score (nSPS) is 12.2. The van der Waals surface area contributed by atoms with Gasteiger partial charge in [0.25, 0.3) is 5.69 Å². The van der Waals surface area contributed by atoms with Gasteiger partial charge in [0, 0.05) is 12.1 Å². The summed E-state index contributed by atoms with van der Waals surface area (Å²) in [7, 11) is 0. The molecule has 2 N–H and O–H groups in total. The zero-order valence-electron chi connectivity index (χ0n) is 16.1. The van der Waals surface area contributed by atoms with Crippen molar-refractivity contribution in [2.24, 2.45) is 0 Å². The average Bonchev–Trinajstić information content (AvgIpc) is 2.60. The lowest BCUT2D eigenvalue weighted by atomic mass is 9.86. The summed E-state index contributed by atoms with van der Waals surface area (Å²) >= 11 is 0. The Morgan fingerprint density at radius 3 is 2.32 bits per heavy atom. The molecule has 7 nitrogen and oxygen atoms in total. The first kappa shape index (κ1) is 21.1. The average molecular weight is 384 g/mol. The lowest BCUT2D eigenvalue weighted by Gasteiger charge is -2.22. The maximum absolute atomic E-state index is 12.4. The van der Waals surface area contributed by atoms with Gasteiger partial charge in [-0.3, -0.25) is 19.7 Å². The third-order valence-corrected chi connectivity index (χ3v) is 4.38. The number of carbonyl (C=O) groups is 2. The van der Waals surface area contributed by atoms with E-state index >= 15 is 0 Å². The third kappa shape index (κ3) is 5.90. The van der Waals surface area contributed by atoms with Crippen LogP contribution in [0.2, 0.25) is 0 Å². The molecule has 148 valence electrons. The van der Waals surface area contributed by atoms with Crippen LogP contribution >= 0.6 is 0 Å². The fraction of sp³-hybridized carbons (Fsp3) is 0.333. The summed E-state index contributed by atoms with van der Waals surface area (Å²) in [6.07, 6.45) is -0.326. The molecule has 2 aromatic rings. The van der Waals surface area contributed by atoms with Crippen LogP contribution in [-0.4, -0.2) is 21.9 Å². The monoisotopic (exact) mass is 384 g/mol. The Labute approximate surface area is 163 Å². The predicted octanol–water partition coefficient (Wildman–Crippen LogP) is 3.77. The molecule has 0 bridgehead atoms. The first-order chi connectivity index (χ1) is 13.1. The molecule has 2 aromatic carbocycles. The molecular weight excluding hydrogens is 360 g/mol. The molecule has 28 heavy (non-hydrogen) atoms. The molecule has 0 spiro atoms. The van der Waals surface area contributed by atoms with Gasteiger partial charge in [0.15, 0.2) is 0 Å².